The van der Waals surface area contributed by atoms with E-state index >= 15 is 0 Å². The number of carbonyl (C=O) groups is 1. The lowest BCUT2D eigenvalue weighted by atomic mass is 10.3. The van der Waals surface area contributed by atoms with Gasteiger partial charge in [-0.15, -0.1) is 5.10 Å². The van der Waals surface area contributed by atoms with Crippen LogP contribution in [0.15, 0.2) is 35.3 Å². The molecule has 0 bridgehead atoms. The third-order valence-electron chi connectivity index (χ3n) is 3.91. The molecule has 0 aliphatic heterocycles. The highest BCUT2D eigenvalue weighted by Crippen LogP contribution is 2.19. The molecule has 0 atom stereocenters. The number of anilines is 1. The molecule has 0 saturated heterocycles. The fraction of sp³-hybridized carbons (Fsp3) is 0.250. The summed E-state index contributed by atoms with van der Waals surface area (Å²) in [7, 11) is 0. The molecule has 10 nitrogen and oxygen atoms in total. The van der Waals surface area contributed by atoms with Crippen LogP contribution in [0, 0.1) is 6.92 Å². The lowest BCUT2D eigenvalue weighted by molar-refractivity contribution is 0.0955. The summed E-state index contributed by atoms with van der Waals surface area (Å²) >= 11 is 1.08. The summed E-state index contributed by atoms with van der Waals surface area (Å²) in [5, 5.41) is 15.1. The largest absolute Gasteiger partial charge is 0.467 e. The van der Waals surface area contributed by atoms with Crippen molar-refractivity contribution in [2.75, 3.05) is 11.9 Å². The number of nitrogens with one attached hydrogen (secondary N) is 2. The lowest BCUT2D eigenvalue weighted by Crippen LogP contribution is -2.27. The zero-order valence-corrected chi connectivity index (χ0v) is 15.2. The highest BCUT2D eigenvalue weighted by Gasteiger charge is 2.13. The van der Waals surface area contributed by atoms with Crippen LogP contribution in [0.5, 0.6) is 0 Å². The van der Waals surface area contributed by atoms with Crippen LogP contribution in [-0.2, 0) is 13.1 Å². The molecule has 0 unspecified atom stereocenters. The number of aromatic nitrogens is 6. The molecule has 4 heterocycles. The fourth-order valence-corrected chi connectivity index (χ4v) is 3.15. The minimum absolute atomic E-state index is 0.186. The van der Waals surface area contributed by atoms with Gasteiger partial charge in [-0.1, -0.05) is 4.49 Å². The Kier molecular flexibility index (Phi) is 4.75. The van der Waals surface area contributed by atoms with E-state index in [-0.39, 0.29) is 5.91 Å². The molecule has 1 amide bonds. The van der Waals surface area contributed by atoms with Crippen LogP contribution in [0.25, 0.3) is 11.0 Å². The molecule has 138 valence electrons. The normalized spacial score (nSPS) is 11.0. The van der Waals surface area contributed by atoms with Gasteiger partial charge in [-0.25, -0.2) is 14.6 Å². The number of carbonyl (C=O) groups excluding carboxylic acids is 1. The quantitative estimate of drug-likeness (QED) is 0.493. The van der Waals surface area contributed by atoms with Crippen LogP contribution in [0.1, 0.15) is 21.1 Å². The molecule has 0 aliphatic rings. The summed E-state index contributed by atoms with van der Waals surface area (Å²) in [6.45, 7) is 3.16. The number of rotatable bonds is 7. The zero-order chi connectivity index (χ0) is 18.6. The van der Waals surface area contributed by atoms with Crippen molar-refractivity contribution >= 4 is 34.3 Å². The second kappa shape index (κ2) is 7.50. The van der Waals surface area contributed by atoms with E-state index in [0.717, 1.165) is 22.7 Å². The Bertz CT molecular complexity index is 1060. The van der Waals surface area contributed by atoms with E-state index in [2.05, 4.69) is 35.3 Å². The first kappa shape index (κ1) is 17.1. The van der Waals surface area contributed by atoms with Crippen LogP contribution >= 0.6 is 11.5 Å². The van der Waals surface area contributed by atoms with Crippen LogP contribution in [0.4, 0.5) is 5.82 Å². The third-order valence-corrected chi connectivity index (χ3v) is 4.74. The average Bonchev–Trinajstić information content (AvgIpc) is 3.41. The average molecular weight is 384 g/mol. The first-order valence-corrected chi connectivity index (χ1v) is 8.99. The molecular weight excluding hydrogens is 368 g/mol. The van der Waals surface area contributed by atoms with Crippen LogP contribution < -0.4 is 10.6 Å². The molecule has 2 N–H and O–H groups in total. The summed E-state index contributed by atoms with van der Waals surface area (Å²) < 4.78 is 10.8. The van der Waals surface area contributed by atoms with Gasteiger partial charge in [0, 0.05) is 6.54 Å². The smallest absolute Gasteiger partial charge is 0.265 e. The molecule has 0 fully saturated rings. The highest BCUT2D eigenvalue weighted by molar-refractivity contribution is 7.07. The summed E-state index contributed by atoms with van der Waals surface area (Å²) in [5.74, 6) is 1.30. The number of aryl methyl sites for hydroxylation is 1. The van der Waals surface area contributed by atoms with Gasteiger partial charge in [0.15, 0.2) is 5.65 Å². The minimum atomic E-state index is -0.186. The maximum atomic E-state index is 12.1. The fourth-order valence-electron chi connectivity index (χ4n) is 2.58. The molecule has 0 aliphatic carbocycles. The van der Waals surface area contributed by atoms with E-state index < -0.39 is 0 Å². The second-order valence-corrected chi connectivity index (χ2v) is 6.46. The van der Waals surface area contributed by atoms with E-state index in [1.54, 1.807) is 24.1 Å². The van der Waals surface area contributed by atoms with E-state index in [1.807, 2.05) is 12.1 Å². The first-order chi connectivity index (χ1) is 13.2. The van der Waals surface area contributed by atoms with Gasteiger partial charge in [0.05, 0.1) is 36.6 Å². The SMILES string of the molecule is Cc1nnsc1C(=O)NCCn1ncc2c(NCc3ccco3)ncnc21. The topological polar surface area (TPSA) is 124 Å². The predicted molar refractivity (Wildman–Crippen MR) is 98.3 cm³/mol. The van der Waals surface area contributed by atoms with Crippen molar-refractivity contribution in [2.45, 2.75) is 20.0 Å². The standard InChI is InChI=1S/C16H16N8O2S/c1-10-13(27-23-22-10)16(25)17-4-5-24-15-12(8-21-24)14(19-9-20-15)18-7-11-3-2-6-26-11/h2-3,6,8-9H,4-5,7H2,1H3,(H,17,25)(H,18,19,20). The van der Waals surface area contributed by atoms with Crippen LogP contribution in [-0.4, -0.2) is 41.8 Å². The zero-order valence-electron chi connectivity index (χ0n) is 14.4. The van der Waals surface area contributed by atoms with Gasteiger partial charge in [0.2, 0.25) is 0 Å². The number of hydrogen-bond acceptors (Lipinski definition) is 9. The van der Waals surface area contributed by atoms with Crippen molar-refractivity contribution in [3.8, 4) is 0 Å². The van der Waals surface area contributed by atoms with Gasteiger partial charge < -0.3 is 15.1 Å². The number of hydrogen-bond donors (Lipinski definition) is 2. The molecule has 4 aromatic rings. The Labute approximate surface area is 157 Å². The number of fused-ring (bicyclic) bond motifs is 1. The molecule has 4 aromatic heterocycles. The summed E-state index contributed by atoms with van der Waals surface area (Å²) in [4.78, 5) is 21.2. The molecule has 11 heteroatoms. The summed E-state index contributed by atoms with van der Waals surface area (Å²) in [6, 6.07) is 3.72. The molecule has 0 saturated carbocycles. The van der Waals surface area contributed by atoms with Crippen LogP contribution in [0.2, 0.25) is 0 Å². The third kappa shape index (κ3) is 3.62. The summed E-state index contributed by atoms with van der Waals surface area (Å²) in [5.41, 5.74) is 1.32. The highest BCUT2D eigenvalue weighted by atomic mass is 32.1. The Morgan fingerprint density at radius 2 is 2.30 bits per heavy atom. The van der Waals surface area contributed by atoms with Crippen LogP contribution in [0.3, 0.4) is 0 Å². The van der Waals surface area contributed by atoms with Crippen molar-refractivity contribution in [2.24, 2.45) is 0 Å². The molecular formula is C16H16N8O2S. The van der Waals surface area contributed by atoms with E-state index in [9.17, 15) is 4.79 Å². The number of nitrogens with zero attached hydrogens (tertiary/aromatic N) is 6. The Balaban J connectivity index is 1.41. The maximum Gasteiger partial charge on any atom is 0.265 e. The van der Waals surface area contributed by atoms with Gasteiger partial charge in [0.1, 0.15) is 22.8 Å². The first-order valence-electron chi connectivity index (χ1n) is 8.22. The number of furan rings is 1. The van der Waals surface area contributed by atoms with Crippen molar-refractivity contribution in [1.82, 2.24) is 34.7 Å². The van der Waals surface area contributed by atoms with Crippen molar-refractivity contribution < 1.29 is 9.21 Å². The maximum absolute atomic E-state index is 12.1. The summed E-state index contributed by atoms with van der Waals surface area (Å²) in [6.07, 6.45) is 4.82. The Morgan fingerprint density at radius 1 is 1.37 bits per heavy atom. The van der Waals surface area contributed by atoms with E-state index in [0.29, 0.717) is 41.7 Å². The molecule has 0 aromatic carbocycles. The van der Waals surface area contributed by atoms with E-state index in [4.69, 9.17) is 4.42 Å². The van der Waals surface area contributed by atoms with Gasteiger partial charge in [0.25, 0.3) is 5.91 Å². The van der Waals surface area contributed by atoms with Gasteiger partial charge in [-0.3, -0.25) is 4.79 Å². The lowest BCUT2D eigenvalue weighted by Gasteiger charge is -2.06. The van der Waals surface area contributed by atoms with Crippen molar-refractivity contribution in [3.05, 3.63) is 47.3 Å². The second-order valence-electron chi connectivity index (χ2n) is 5.70. The molecule has 0 radical (unpaired) electrons. The minimum Gasteiger partial charge on any atom is -0.467 e. The van der Waals surface area contributed by atoms with Gasteiger partial charge >= 0.3 is 0 Å². The molecule has 4 rings (SSSR count). The monoisotopic (exact) mass is 384 g/mol. The predicted octanol–water partition coefficient (Wildman–Crippen LogP) is 1.62. The molecule has 27 heavy (non-hydrogen) atoms. The number of amides is 1. The van der Waals surface area contributed by atoms with E-state index in [1.165, 1.54) is 6.33 Å². The van der Waals surface area contributed by atoms with Gasteiger partial charge in [-0.2, -0.15) is 5.10 Å². The van der Waals surface area contributed by atoms with Crippen molar-refractivity contribution in [1.29, 1.82) is 0 Å². The van der Waals surface area contributed by atoms with Crippen molar-refractivity contribution in [3.63, 3.8) is 0 Å². The Morgan fingerprint density at radius 3 is 3.07 bits per heavy atom. The van der Waals surface area contributed by atoms with Gasteiger partial charge in [-0.05, 0) is 30.6 Å². The molecule has 0 spiro atoms. The Hall–Kier alpha value is -3.34.